The number of anilines is 2. The number of aryl methyl sites for hydroxylation is 1. The van der Waals surface area contributed by atoms with Crippen molar-refractivity contribution in [2.75, 3.05) is 23.7 Å². The molecule has 6 rings (SSSR count). The zero-order valence-corrected chi connectivity index (χ0v) is 21.5. The minimum absolute atomic E-state index is 0.0540. The molecule has 38 heavy (non-hydrogen) atoms. The van der Waals surface area contributed by atoms with Crippen LogP contribution < -0.4 is 15.4 Å². The van der Waals surface area contributed by atoms with E-state index in [4.69, 9.17) is 4.74 Å². The van der Waals surface area contributed by atoms with Gasteiger partial charge in [0.05, 0.1) is 35.0 Å². The van der Waals surface area contributed by atoms with Gasteiger partial charge in [-0.25, -0.2) is 4.98 Å². The molecule has 0 atom stereocenters. The number of likely N-dealkylation sites (tertiary alicyclic amines) is 1. The third-order valence-electron chi connectivity index (χ3n) is 7.37. The molecule has 0 bridgehead atoms. The monoisotopic (exact) mass is 510 g/mol. The van der Waals surface area contributed by atoms with E-state index in [-0.39, 0.29) is 17.9 Å². The van der Waals surface area contributed by atoms with Crippen LogP contribution in [0.25, 0.3) is 16.8 Å². The van der Waals surface area contributed by atoms with Gasteiger partial charge in [0.2, 0.25) is 11.8 Å². The molecule has 3 aliphatic rings. The topological polar surface area (TPSA) is 109 Å². The Morgan fingerprint density at radius 3 is 2.58 bits per heavy atom. The number of piperidine rings is 1. The Labute approximate surface area is 221 Å². The number of fused-ring (bicyclic) bond motifs is 1. The summed E-state index contributed by atoms with van der Waals surface area (Å²) in [6.07, 6.45) is 10.7. The second-order valence-corrected chi connectivity index (χ2v) is 10.2. The van der Waals surface area contributed by atoms with Crippen molar-refractivity contribution in [3.05, 3.63) is 65.9 Å². The standard InChI is InChI=1S/C29H30N6O3/c1-17-7-10-30-15-23(17)24-13-22-25(16-31-24)34-28(36)27(22)18(2)33-20-5-6-26(32-14-20)38-21-8-11-35(12-9-21)29(37)19-3-4-19/h5-7,10,13-16,19,21,33H,3-4,8-9,11-12H2,1-2H3,(H,34,36)/b27-18-. The molecule has 3 aromatic rings. The lowest BCUT2D eigenvalue weighted by atomic mass is 10.0. The van der Waals surface area contributed by atoms with Gasteiger partial charge < -0.3 is 20.3 Å². The Balaban J connectivity index is 1.13. The molecule has 5 heterocycles. The van der Waals surface area contributed by atoms with Gasteiger partial charge in [-0.05, 0) is 50.5 Å². The molecule has 2 aliphatic heterocycles. The number of nitrogens with zero attached hydrogens (tertiary/aromatic N) is 4. The van der Waals surface area contributed by atoms with Crippen molar-refractivity contribution in [2.45, 2.75) is 45.6 Å². The number of carbonyl (C=O) groups is 2. The van der Waals surface area contributed by atoms with Crippen molar-refractivity contribution in [3.8, 4) is 17.1 Å². The number of nitrogens with one attached hydrogen (secondary N) is 2. The van der Waals surface area contributed by atoms with Gasteiger partial charge >= 0.3 is 0 Å². The average molecular weight is 511 g/mol. The summed E-state index contributed by atoms with van der Waals surface area (Å²) in [5.74, 6) is 0.950. The van der Waals surface area contributed by atoms with Crippen molar-refractivity contribution in [2.24, 2.45) is 5.92 Å². The van der Waals surface area contributed by atoms with Gasteiger partial charge in [-0.15, -0.1) is 0 Å². The van der Waals surface area contributed by atoms with E-state index in [1.54, 1.807) is 24.8 Å². The predicted molar refractivity (Wildman–Crippen MR) is 144 cm³/mol. The third-order valence-corrected chi connectivity index (χ3v) is 7.37. The van der Waals surface area contributed by atoms with Gasteiger partial charge in [0.1, 0.15) is 6.10 Å². The van der Waals surface area contributed by atoms with E-state index in [9.17, 15) is 9.59 Å². The van der Waals surface area contributed by atoms with E-state index in [0.717, 1.165) is 66.8 Å². The summed E-state index contributed by atoms with van der Waals surface area (Å²) >= 11 is 0. The Morgan fingerprint density at radius 1 is 1.05 bits per heavy atom. The van der Waals surface area contributed by atoms with Gasteiger partial charge in [-0.1, -0.05) is 0 Å². The van der Waals surface area contributed by atoms with Crippen LogP contribution >= 0.6 is 0 Å². The number of hydrogen-bond donors (Lipinski definition) is 2. The Kier molecular flexibility index (Phi) is 6.27. The van der Waals surface area contributed by atoms with E-state index in [1.165, 1.54) is 0 Å². The summed E-state index contributed by atoms with van der Waals surface area (Å²) in [4.78, 5) is 40.3. The van der Waals surface area contributed by atoms with Crippen LogP contribution in [0.2, 0.25) is 0 Å². The molecule has 2 N–H and O–H groups in total. The quantitative estimate of drug-likeness (QED) is 0.473. The van der Waals surface area contributed by atoms with Crippen LogP contribution in [0.15, 0.2) is 54.7 Å². The van der Waals surface area contributed by atoms with Gasteiger partial charge in [0, 0.05) is 67.1 Å². The summed E-state index contributed by atoms with van der Waals surface area (Å²) in [5, 5.41) is 6.22. The lowest BCUT2D eigenvalue weighted by molar-refractivity contribution is -0.134. The van der Waals surface area contributed by atoms with Crippen molar-refractivity contribution >= 4 is 28.8 Å². The molecular weight excluding hydrogens is 480 g/mol. The number of aromatic nitrogens is 3. The minimum Gasteiger partial charge on any atom is -0.474 e. The molecule has 1 saturated carbocycles. The molecule has 2 amide bonds. The fourth-order valence-corrected chi connectivity index (χ4v) is 5.08. The van der Waals surface area contributed by atoms with Crippen LogP contribution in [-0.4, -0.2) is 50.9 Å². The molecule has 9 heteroatoms. The first-order chi connectivity index (χ1) is 18.5. The normalized spacial score (nSPS) is 18.6. The highest BCUT2D eigenvalue weighted by molar-refractivity contribution is 6.32. The molecule has 3 aromatic heterocycles. The zero-order chi connectivity index (χ0) is 26.2. The molecule has 2 fully saturated rings. The third kappa shape index (κ3) is 4.83. The summed E-state index contributed by atoms with van der Waals surface area (Å²) in [5.41, 5.74) is 6.28. The van der Waals surface area contributed by atoms with Crippen LogP contribution in [0, 0.1) is 12.8 Å². The largest absolute Gasteiger partial charge is 0.474 e. The fourth-order valence-electron chi connectivity index (χ4n) is 5.08. The Hall–Kier alpha value is -4.27. The van der Waals surface area contributed by atoms with Gasteiger partial charge in [-0.2, -0.15) is 0 Å². The van der Waals surface area contributed by atoms with Crippen LogP contribution in [-0.2, 0) is 9.59 Å². The first-order valence-electron chi connectivity index (χ1n) is 13.1. The van der Waals surface area contributed by atoms with Gasteiger partial charge in [0.25, 0.3) is 5.91 Å². The molecule has 194 valence electrons. The summed E-state index contributed by atoms with van der Waals surface area (Å²) in [6, 6.07) is 7.59. The van der Waals surface area contributed by atoms with Gasteiger partial charge in [-0.3, -0.25) is 19.6 Å². The first-order valence-corrected chi connectivity index (χ1v) is 13.1. The number of amides is 2. The minimum atomic E-state index is -0.175. The lowest BCUT2D eigenvalue weighted by Gasteiger charge is -2.32. The molecular formula is C29H30N6O3. The van der Waals surface area contributed by atoms with Crippen molar-refractivity contribution in [3.63, 3.8) is 0 Å². The second-order valence-electron chi connectivity index (χ2n) is 10.2. The second kappa shape index (κ2) is 9.89. The van der Waals surface area contributed by atoms with E-state index >= 15 is 0 Å². The van der Waals surface area contributed by atoms with Crippen molar-refractivity contribution < 1.29 is 14.3 Å². The molecule has 0 unspecified atom stereocenters. The van der Waals surface area contributed by atoms with E-state index in [2.05, 4.69) is 25.6 Å². The molecule has 0 aromatic carbocycles. The Morgan fingerprint density at radius 2 is 1.87 bits per heavy atom. The van der Waals surface area contributed by atoms with Crippen molar-refractivity contribution in [1.82, 2.24) is 19.9 Å². The maximum Gasteiger partial charge on any atom is 0.258 e. The van der Waals surface area contributed by atoms with Crippen LogP contribution in [0.4, 0.5) is 11.4 Å². The van der Waals surface area contributed by atoms with Crippen LogP contribution in [0.3, 0.4) is 0 Å². The SMILES string of the molecule is C/C(Nc1ccc(OC2CCN(C(=O)C3CC3)CC2)nc1)=C1/C(=O)Nc2cnc(-c3cnccc3C)cc21. The lowest BCUT2D eigenvalue weighted by Crippen LogP contribution is -2.42. The molecule has 9 nitrogen and oxygen atoms in total. The predicted octanol–water partition coefficient (Wildman–Crippen LogP) is 4.42. The molecule has 1 aliphatic carbocycles. The highest BCUT2D eigenvalue weighted by Gasteiger charge is 2.35. The van der Waals surface area contributed by atoms with Crippen molar-refractivity contribution in [1.29, 1.82) is 0 Å². The summed E-state index contributed by atoms with van der Waals surface area (Å²) in [7, 11) is 0. The smallest absolute Gasteiger partial charge is 0.258 e. The highest BCUT2D eigenvalue weighted by atomic mass is 16.5. The Bertz CT molecular complexity index is 1420. The van der Waals surface area contributed by atoms with E-state index in [1.807, 2.05) is 43.0 Å². The molecule has 1 saturated heterocycles. The molecule has 0 spiro atoms. The first kappa shape index (κ1) is 24.1. The zero-order valence-electron chi connectivity index (χ0n) is 21.5. The number of ether oxygens (including phenoxy) is 1. The number of rotatable bonds is 6. The number of hydrogen-bond acceptors (Lipinski definition) is 7. The molecule has 0 radical (unpaired) electrons. The number of carbonyl (C=O) groups excluding carboxylic acids is 2. The maximum atomic E-state index is 12.8. The highest BCUT2D eigenvalue weighted by Crippen LogP contribution is 2.36. The number of allylic oxidation sites excluding steroid dienone is 1. The average Bonchev–Trinajstić information content (AvgIpc) is 3.72. The van der Waals surface area contributed by atoms with Gasteiger partial charge in [0.15, 0.2) is 0 Å². The fraction of sp³-hybridized carbons (Fsp3) is 0.345. The summed E-state index contributed by atoms with van der Waals surface area (Å²) < 4.78 is 6.08. The van der Waals surface area contributed by atoms with Crippen LogP contribution in [0.1, 0.15) is 43.7 Å². The van der Waals surface area contributed by atoms with E-state index < -0.39 is 0 Å². The number of pyridine rings is 3. The summed E-state index contributed by atoms with van der Waals surface area (Å²) in [6.45, 7) is 5.37. The van der Waals surface area contributed by atoms with E-state index in [0.29, 0.717) is 28.7 Å². The maximum absolute atomic E-state index is 12.8. The van der Waals surface area contributed by atoms with Crippen LogP contribution in [0.5, 0.6) is 5.88 Å².